The van der Waals surface area contributed by atoms with Crippen LogP contribution in [0.2, 0.25) is 0 Å². The number of nitrogens with one attached hydrogen (secondary N) is 1. The van der Waals surface area contributed by atoms with E-state index in [1.807, 2.05) is 37.3 Å². The molecule has 0 spiro atoms. The minimum atomic E-state index is -4.13. The van der Waals surface area contributed by atoms with Gasteiger partial charge in [0.1, 0.15) is 0 Å². The van der Waals surface area contributed by atoms with Crippen LogP contribution >= 0.6 is 0 Å². The summed E-state index contributed by atoms with van der Waals surface area (Å²) in [4.78, 5) is 1.72. The summed E-state index contributed by atoms with van der Waals surface area (Å²) in [7, 11) is 0. The molecule has 1 aliphatic heterocycles. The lowest BCUT2D eigenvalue weighted by Gasteiger charge is -2.33. The second-order valence-electron chi connectivity index (χ2n) is 5.83. The van der Waals surface area contributed by atoms with Gasteiger partial charge >= 0.3 is 6.18 Å². The summed E-state index contributed by atoms with van der Waals surface area (Å²) >= 11 is 0. The minimum absolute atomic E-state index is 0.0122. The van der Waals surface area contributed by atoms with E-state index in [4.69, 9.17) is 0 Å². The summed E-state index contributed by atoms with van der Waals surface area (Å²) in [6, 6.07) is 9.76. The van der Waals surface area contributed by atoms with E-state index in [9.17, 15) is 13.2 Å². The van der Waals surface area contributed by atoms with E-state index in [1.54, 1.807) is 4.90 Å². The predicted molar refractivity (Wildman–Crippen MR) is 79.8 cm³/mol. The number of aromatic nitrogens is 2. The number of halogens is 3. The van der Waals surface area contributed by atoms with Crippen molar-refractivity contribution in [1.82, 2.24) is 10.2 Å². The van der Waals surface area contributed by atoms with Gasteiger partial charge in [0.25, 0.3) is 0 Å². The number of hydrogen-bond acceptors (Lipinski definition) is 2. The van der Waals surface area contributed by atoms with Gasteiger partial charge in [0.05, 0.1) is 11.6 Å². The Labute approximate surface area is 127 Å². The van der Waals surface area contributed by atoms with Crippen molar-refractivity contribution in [2.24, 2.45) is 5.92 Å². The van der Waals surface area contributed by atoms with Crippen LogP contribution in [0.3, 0.4) is 0 Å². The van der Waals surface area contributed by atoms with Crippen molar-refractivity contribution in [3.63, 3.8) is 0 Å². The van der Waals surface area contributed by atoms with Gasteiger partial charge in [-0.2, -0.15) is 18.3 Å². The number of rotatable bonds is 2. The van der Waals surface area contributed by atoms with Crippen LogP contribution in [0, 0.1) is 12.8 Å². The molecular weight excluding hydrogens is 291 g/mol. The Morgan fingerprint density at radius 2 is 1.95 bits per heavy atom. The fourth-order valence-corrected chi connectivity index (χ4v) is 2.81. The van der Waals surface area contributed by atoms with Gasteiger partial charge in [0.2, 0.25) is 0 Å². The first-order chi connectivity index (χ1) is 10.4. The standard InChI is InChI=1S/C16H18F3N3/c1-11-4-6-12(7-5-11)14-9-15(21-20-14)22-8-2-3-13(10-22)16(17,18)19/h4-7,9,13H,2-3,8,10H2,1H3,(H,20,21). The normalized spacial score (nSPS) is 19.5. The summed E-state index contributed by atoms with van der Waals surface area (Å²) < 4.78 is 38.7. The van der Waals surface area contributed by atoms with Crippen molar-refractivity contribution in [3.8, 4) is 11.3 Å². The largest absolute Gasteiger partial charge is 0.393 e. The SMILES string of the molecule is Cc1ccc(-c2cc(N3CCCC(C(F)(F)F)C3)n[nH]2)cc1. The minimum Gasteiger partial charge on any atom is -0.355 e. The number of H-pyrrole nitrogens is 1. The molecule has 0 amide bonds. The number of aryl methyl sites for hydroxylation is 1. The van der Waals surface area contributed by atoms with Gasteiger partial charge < -0.3 is 4.90 Å². The molecule has 22 heavy (non-hydrogen) atoms. The first-order valence-electron chi connectivity index (χ1n) is 7.37. The maximum absolute atomic E-state index is 12.9. The monoisotopic (exact) mass is 309 g/mol. The second-order valence-corrected chi connectivity index (χ2v) is 5.83. The molecule has 0 bridgehead atoms. The maximum Gasteiger partial charge on any atom is 0.393 e. The molecule has 3 nitrogen and oxygen atoms in total. The van der Waals surface area contributed by atoms with Gasteiger partial charge in [0, 0.05) is 19.2 Å². The molecule has 2 heterocycles. The first-order valence-corrected chi connectivity index (χ1v) is 7.37. The Hall–Kier alpha value is -1.98. The summed E-state index contributed by atoms with van der Waals surface area (Å²) in [5.74, 6) is -0.676. The van der Waals surface area contributed by atoms with Crippen molar-refractivity contribution in [1.29, 1.82) is 0 Å². The number of piperidine rings is 1. The molecule has 2 aromatic rings. The Morgan fingerprint density at radius 1 is 1.23 bits per heavy atom. The maximum atomic E-state index is 12.9. The van der Waals surface area contributed by atoms with Gasteiger partial charge in [-0.25, -0.2) is 0 Å². The molecule has 1 unspecified atom stereocenters. The highest BCUT2D eigenvalue weighted by Gasteiger charge is 2.42. The number of hydrogen-bond donors (Lipinski definition) is 1. The van der Waals surface area contributed by atoms with E-state index >= 15 is 0 Å². The van der Waals surface area contributed by atoms with Crippen LogP contribution in [0.15, 0.2) is 30.3 Å². The molecule has 1 aromatic carbocycles. The van der Waals surface area contributed by atoms with Crippen LogP contribution in [-0.2, 0) is 0 Å². The third-order valence-electron chi connectivity index (χ3n) is 4.14. The molecular formula is C16H18F3N3. The molecule has 0 aliphatic carbocycles. The lowest BCUT2D eigenvalue weighted by atomic mass is 9.97. The first kappa shape index (κ1) is 14.9. The van der Waals surface area contributed by atoms with E-state index in [0.717, 1.165) is 16.8 Å². The average Bonchev–Trinajstić information content (AvgIpc) is 2.97. The zero-order valence-electron chi connectivity index (χ0n) is 12.3. The van der Waals surface area contributed by atoms with Crippen molar-refractivity contribution in [2.75, 3.05) is 18.0 Å². The molecule has 0 saturated carbocycles. The van der Waals surface area contributed by atoms with Crippen LogP contribution < -0.4 is 4.90 Å². The second kappa shape index (κ2) is 5.66. The van der Waals surface area contributed by atoms with Crippen molar-refractivity contribution in [2.45, 2.75) is 25.9 Å². The zero-order chi connectivity index (χ0) is 15.7. The van der Waals surface area contributed by atoms with Crippen LogP contribution in [0.1, 0.15) is 18.4 Å². The lowest BCUT2D eigenvalue weighted by molar-refractivity contribution is -0.176. The summed E-state index contributed by atoms with van der Waals surface area (Å²) in [5, 5.41) is 7.11. The van der Waals surface area contributed by atoms with E-state index < -0.39 is 12.1 Å². The summed E-state index contributed by atoms with van der Waals surface area (Å²) in [6.45, 7) is 2.61. The highest BCUT2D eigenvalue weighted by Crippen LogP contribution is 2.35. The number of aromatic amines is 1. The van der Waals surface area contributed by atoms with Crippen molar-refractivity contribution >= 4 is 5.82 Å². The summed E-state index contributed by atoms with van der Waals surface area (Å²) in [5.41, 5.74) is 2.96. The van der Waals surface area contributed by atoms with Crippen molar-refractivity contribution in [3.05, 3.63) is 35.9 Å². The topological polar surface area (TPSA) is 31.9 Å². The number of nitrogens with zero attached hydrogens (tertiary/aromatic N) is 2. The van der Waals surface area contributed by atoms with Crippen LogP contribution in [0.5, 0.6) is 0 Å². The molecule has 3 rings (SSSR count). The number of alkyl halides is 3. The third kappa shape index (κ3) is 3.10. The van der Waals surface area contributed by atoms with Crippen molar-refractivity contribution < 1.29 is 13.2 Å². The summed E-state index contributed by atoms with van der Waals surface area (Å²) in [6.07, 6.45) is -3.39. The van der Waals surface area contributed by atoms with E-state index in [1.165, 1.54) is 0 Å². The Morgan fingerprint density at radius 3 is 2.64 bits per heavy atom. The molecule has 1 aromatic heterocycles. The molecule has 1 aliphatic rings. The lowest BCUT2D eigenvalue weighted by Crippen LogP contribution is -2.41. The fourth-order valence-electron chi connectivity index (χ4n) is 2.81. The van der Waals surface area contributed by atoms with Gasteiger partial charge in [-0.1, -0.05) is 29.8 Å². The zero-order valence-corrected chi connectivity index (χ0v) is 12.3. The Balaban J connectivity index is 1.77. The van der Waals surface area contributed by atoms with Gasteiger partial charge in [-0.05, 0) is 25.3 Å². The average molecular weight is 309 g/mol. The molecule has 1 N–H and O–H groups in total. The molecule has 1 atom stereocenters. The van der Waals surface area contributed by atoms with Gasteiger partial charge in [0.15, 0.2) is 5.82 Å². The smallest absolute Gasteiger partial charge is 0.355 e. The van der Waals surface area contributed by atoms with Crippen LogP contribution in [0.25, 0.3) is 11.3 Å². The Kier molecular flexibility index (Phi) is 3.85. The van der Waals surface area contributed by atoms with E-state index in [0.29, 0.717) is 18.8 Å². The Bertz CT molecular complexity index is 631. The van der Waals surface area contributed by atoms with Gasteiger partial charge in [-0.15, -0.1) is 0 Å². The van der Waals surface area contributed by atoms with Crippen LogP contribution in [-0.4, -0.2) is 29.5 Å². The predicted octanol–water partition coefficient (Wildman–Crippen LogP) is 4.16. The quantitative estimate of drug-likeness (QED) is 0.903. The fraction of sp³-hybridized carbons (Fsp3) is 0.438. The van der Waals surface area contributed by atoms with E-state index in [2.05, 4.69) is 10.2 Å². The van der Waals surface area contributed by atoms with E-state index in [-0.39, 0.29) is 13.0 Å². The van der Waals surface area contributed by atoms with Crippen LogP contribution in [0.4, 0.5) is 19.0 Å². The third-order valence-corrected chi connectivity index (χ3v) is 4.14. The number of benzene rings is 1. The molecule has 118 valence electrons. The highest BCUT2D eigenvalue weighted by atomic mass is 19.4. The molecule has 6 heteroatoms. The molecule has 0 radical (unpaired) electrons. The molecule has 1 fully saturated rings. The highest BCUT2D eigenvalue weighted by molar-refractivity contribution is 5.63. The van der Waals surface area contributed by atoms with Gasteiger partial charge in [-0.3, -0.25) is 5.10 Å². The molecule has 1 saturated heterocycles. The number of anilines is 1.